The number of hydrogen-bond acceptors (Lipinski definition) is 3. The topological polar surface area (TPSA) is 47.4 Å². The van der Waals surface area contributed by atoms with Gasteiger partial charge in [-0.05, 0) is 67.7 Å². The number of hydrogen-bond donors (Lipinski definition) is 0. The van der Waals surface area contributed by atoms with Crippen molar-refractivity contribution in [2.24, 2.45) is 0 Å². The SMILES string of the molecule is COc1nc(C)cn1-c1cccc(/C=C2\CC[C@@H]3[C@@H](c4cc(F)c(F)c(F)c4)CCN3C2=O)c1. The van der Waals surface area contributed by atoms with Crippen molar-refractivity contribution in [1.82, 2.24) is 14.5 Å². The van der Waals surface area contributed by atoms with Gasteiger partial charge in [-0.1, -0.05) is 12.1 Å². The molecule has 176 valence electrons. The zero-order valence-corrected chi connectivity index (χ0v) is 18.9. The number of aromatic nitrogens is 2. The minimum absolute atomic E-state index is 0.0664. The van der Waals surface area contributed by atoms with Crippen LogP contribution in [0.2, 0.25) is 0 Å². The number of ether oxygens (including phenoxy) is 1. The number of nitrogens with zero attached hydrogens (tertiary/aromatic N) is 3. The molecule has 0 spiro atoms. The maximum Gasteiger partial charge on any atom is 0.300 e. The molecule has 3 aromatic rings. The van der Waals surface area contributed by atoms with Crippen LogP contribution in [-0.4, -0.2) is 40.1 Å². The van der Waals surface area contributed by atoms with Crippen molar-refractivity contribution >= 4 is 12.0 Å². The van der Waals surface area contributed by atoms with Crippen molar-refractivity contribution in [3.8, 4) is 11.7 Å². The van der Waals surface area contributed by atoms with Crippen LogP contribution < -0.4 is 4.74 Å². The number of methoxy groups -OCH3 is 1. The van der Waals surface area contributed by atoms with Crippen molar-refractivity contribution in [2.45, 2.75) is 38.1 Å². The summed E-state index contributed by atoms with van der Waals surface area (Å²) in [6.45, 7) is 2.39. The number of carbonyl (C=O) groups excluding carboxylic acids is 1. The number of imidazole rings is 1. The summed E-state index contributed by atoms with van der Waals surface area (Å²) in [5.41, 5.74) is 3.68. The van der Waals surface area contributed by atoms with E-state index in [9.17, 15) is 18.0 Å². The number of rotatable bonds is 4. The Balaban J connectivity index is 1.38. The fourth-order valence-corrected chi connectivity index (χ4v) is 5.14. The van der Waals surface area contributed by atoms with Gasteiger partial charge in [0, 0.05) is 30.3 Å². The first-order chi connectivity index (χ1) is 16.4. The molecule has 2 atom stereocenters. The lowest BCUT2D eigenvalue weighted by atomic mass is 9.85. The second-order valence-corrected chi connectivity index (χ2v) is 8.80. The third kappa shape index (κ3) is 3.87. The fraction of sp³-hybridized carbons (Fsp3) is 0.308. The number of piperidine rings is 1. The normalized spacial score (nSPS) is 21.3. The Bertz CT molecular complexity index is 1280. The molecule has 1 amide bonds. The summed E-state index contributed by atoms with van der Waals surface area (Å²) in [7, 11) is 1.57. The highest BCUT2D eigenvalue weighted by atomic mass is 19.2. The quantitative estimate of drug-likeness (QED) is 0.393. The smallest absolute Gasteiger partial charge is 0.300 e. The Labute approximate surface area is 195 Å². The number of fused-ring (bicyclic) bond motifs is 1. The first kappa shape index (κ1) is 22.3. The average Bonchev–Trinajstić information content (AvgIpc) is 3.43. The number of carbonyl (C=O) groups is 1. The molecule has 0 saturated carbocycles. The van der Waals surface area contributed by atoms with Gasteiger partial charge in [0.05, 0.1) is 18.5 Å². The number of aryl methyl sites for hydroxylation is 1. The molecule has 0 N–H and O–H groups in total. The van der Waals surface area contributed by atoms with E-state index in [1.165, 1.54) is 0 Å². The Hall–Kier alpha value is -3.55. The van der Waals surface area contributed by atoms with E-state index < -0.39 is 17.5 Å². The van der Waals surface area contributed by atoms with Gasteiger partial charge >= 0.3 is 6.01 Å². The standard InChI is InChI=1S/C26H24F3N3O2/c1-15-14-32(26(30-15)34-2)19-5-3-4-16(11-19)10-17-6-7-23-20(8-9-31(23)25(17)33)18-12-21(27)24(29)22(28)13-18/h3-5,10-14,20,23H,6-9H2,1-2H3/b17-10+/t20-,23-/m1/s1. The molecular formula is C26H24F3N3O2. The molecule has 0 radical (unpaired) electrons. The summed E-state index contributed by atoms with van der Waals surface area (Å²) in [5.74, 6) is -4.13. The van der Waals surface area contributed by atoms with E-state index in [2.05, 4.69) is 4.98 Å². The molecule has 2 aliphatic rings. The van der Waals surface area contributed by atoms with Crippen LogP contribution in [-0.2, 0) is 4.79 Å². The molecule has 3 heterocycles. The Kier molecular flexibility index (Phi) is 5.67. The zero-order valence-electron chi connectivity index (χ0n) is 18.9. The number of amides is 1. The summed E-state index contributed by atoms with van der Waals surface area (Å²) in [5, 5.41) is 0. The van der Waals surface area contributed by atoms with Gasteiger partial charge < -0.3 is 9.64 Å². The summed E-state index contributed by atoms with van der Waals surface area (Å²) < 4.78 is 48.2. The second kappa shape index (κ2) is 8.66. The molecule has 5 nitrogen and oxygen atoms in total. The molecule has 8 heteroatoms. The first-order valence-electron chi connectivity index (χ1n) is 11.2. The maximum absolute atomic E-state index is 13.8. The molecule has 2 saturated heterocycles. The van der Waals surface area contributed by atoms with Gasteiger partial charge in [-0.2, -0.15) is 0 Å². The minimum atomic E-state index is -1.46. The van der Waals surface area contributed by atoms with E-state index in [0.717, 1.165) is 29.1 Å². The van der Waals surface area contributed by atoms with E-state index in [0.29, 0.717) is 43.0 Å². The molecule has 2 aromatic carbocycles. The molecule has 2 aliphatic heterocycles. The van der Waals surface area contributed by atoms with Gasteiger partial charge in [-0.15, -0.1) is 0 Å². The van der Waals surface area contributed by atoms with Crippen LogP contribution in [0.3, 0.4) is 0 Å². The molecule has 5 rings (SSSR count). The van der Waals surface area contributed by atoms with Crippen LogP contribution in [0, 0.1) is 24.4 Å². The van der Waals surface area contributed by atoms with Crippen LogP contribution in [0.4, 0.5) is 13.2 Å². The lowest BCUT2D eigenvalue weighted by Crippen LogP contribution is -2.42. The molecule has 2 fully saturated rings. The first-order valence-corrected chi connectivity index (χ1v) is 11.2. The summed E-state index contributed by atoms with van der Waals surface area (Å²) in [4.78, 5) is 19.4. The summed E-state index contributed by atoms with van der Waals surface area (Å²) >= 11 is 0. The van der Waals surface area contributed by atoms with E-state index in [4.69, 9.17) is 4.74 Å². The Morgan fingerprint density at radius 2 is 1.88 bits per heavy atom. The van der Waals surface area contributed by atoms with Crippen molar-refractivity contribution < 1.29 is 22.7 Å². The molecular weight excluding hydrogens is 443 g/mol. The van der Waals surface area contributed by atoms with Gasteiger partial charge in [-0.25, -0.2) is 18.2 Å². The highest BCUT2D eigenvalue weighted by molar-refractivity contribution is 5.99. The van der Waals surface area contributed by atoms with E-state index >= 15 is 0 Å². The zero-order chi connectivity index (χ0) is 24.0. The van der Waals surface area contributed by atoms with E-state index in [1.54, 1.807) is 12.0 Å². The maximum atomic E-state index is 13.8. The fourth-order valence-electron chi connectivity index (χ4n) is 5.14. The summed E-state index contributed by atoms with van der Waals surface area (Å²) in [6, 6.07) is 10.2. The molecule has 1 aromatic heterocycles. The van der Waals surface area contributed by atoms with Crippen LogP contribution in [0.15, 0.2) is 48.2 Å². The van der Waals surface area contributed by atoms with E-state index in [-0.39, 0.29) is 17.9 Å². The molecule has 0 unspecified atom stereocenters. The molecule has 34 heavy (non-hydrogen) atoms. The number of benzene rings is 2. The van der Waals surface area contributed by atoms with Gasteiger partial charge in [-0.3, -0.25) is 9.36 Å². The van der Waals surface area contributed by atoms with Gasteiger partial charge in [0.2, 0.25) is 5.91 Å². The van der Waals surface area contributed by atoms with Crippen LogP contribution in [0.5, 0.6) is 6.01 Å². The predicted octanol–water partition coefficient (Wildman–Crippen LogP) is 5.17. The largest absolute Gasteiger partial charge is 0.468 e. The number of halogens is 3. The predicted molar refractivity (Wildman–Crippen MR) is 121 cm³/mol. The third-order valence-electron chi connectivity index (χ3n) is 6.69. The van der Waals surface area contributed by atoms with Crippen LogP contribution in [0.1, 0.15) is 42.0 Å². The lowest BCUT2D eigenvalue weighted by molar-refractivity contribution is -0.129. The summed E-state index contributed by atoms with van der Waals surface area (Å²) in [6.07, 6.45) is 5.59. The Morgan fingerprint density at radius 3 is 2.62 bits per heavy atom. The van der Waals surface area contributed by atoms with Crippen LogP contribution in [0.25, 0.3) is 11.8 Å². The molecule has 0 bridgehead atoms. The Morgan fingerprint density at radius 1 is 1.12 bits per heavy atom. The van der Waals surface area contributed by atoms with Crippen molar-refractivity contribution in [3.05, 3.63) is 82.4 Å². The van der Waals surface area contributed by atoms with Crippen molar-refractivity contribution in [1.29, 1.82) is 0 Å². The lowest BCUT2D eigenvalue weighted by Gasteiger charge is -2.34. The highest BCUT2D eigenvalue weighted by Crippen LogP contribution is 2.41. The van der Waals surface area contributed by atoms with Crippen molar-refractivity contribution in [3.63, 3.8) is 0 Å². The average molecular weight is 467 g/mol. The molecule has 0 aliphatic carbocycles. The second-order valence-electron chi connectivity index (χ2n) is 8.80. The van der Waals surface area contributed by atoms with E-state index in [1.807, 2.05) is 48.0 Å². The van der Waals surface area contributed by atoms with Crippen molar-refractivity contribution in [2.75, 3.05) is 13.7 Å². The monoisotopic (exact) mass is 467 g/mol. The van der Waals surface area contributed by atoms with Crippen LogP contribution >= 0.6 is 0 Å². The highest BCUT2D eigenvalue weighted by Gasteiger charge is 2.42. The third-order valence-corrected chi connectivity index (χ3v) is 6.69. The minimum Gasteiger partial charge on any atom is -0.468 e. The van der Waals surface area contributed by atoms with Gasteiger partial charge in [0.15, 0.2) is 17.5 Å². The van der Waals surface area contributed by atoms with Gasteiger partial charge in [0.1, 0.15) is 0 Å². The van der Waals surface area contributed by atoms with Gasteiger partial charge in [0.25, 0.3) is 0 Å².